The molecule has 0 saturated heterocycles. The van der Waals surface area contributed by atoms with Gasteiger partial charge in [0.1, 0.15) is 6.42 Å². The van der Waals surface area contributed by atoms with Crippen LogP contribution in [0.3, 0.4) is 0 Å². The number of nitrogens with one attached hydrogen (secondary N) is 1. The average molecular weight is 251 g/mol. The van der Waals surface area contributed by atoms with Gasteiger partial charge >= 0.3 is 5.97 Å². The Morgan fingerprint density at radius 2 is 2.11 bits per heavy atom. The van der Waals surface area contributed by atoms with Crippen molar-refractivity contribution in [3.63, 3.8) is 0 Å². The maximum Gasteiger partial charge on any atom is 0.315 e. The van der Waals surface area contributed by atoms with Crippen LogP contribution in [0.4, 0.5) is 0 Å². The highest BCUT2D eigenvalue weighted by atomic mass is 16.7. The van der Waals surface area contributed by atoms with E-state index in [1.165, 1.54) is 7.11 Å². The van der Waals surface area contributed by atoms with Gasteiger partial charge in [-0.1, -0.05) is 6.07 Å². The number of amides is 1. The molecule has 1 aliphatic rings. The van der Waals surface area contributed by atoms with E-state index >= 15 is 0 Å². The molecule has 2 rings (SSSR count). The van der Waals surface area contributed by atoms with Gasteiger partial charge in [-0.15, -0.1) is 0 Å². The standard InChI is InChI=1S/C12H13NO5/c1-16-12(15)5-11(14)13-6-8-2-3-9-10(4-8)18-7-17-9/h2-4H,5-7H2,1H3,(H,13,14). The first-order chi connectivity index (χ1) is 8.69. The fraction of sp³-hybridized carbons (Fsp3) is 0.333. The van der Waals surface area contributed by atoms with Gasteiger partial charge in [0.2, 0.25) is 12.7 Å². The monoisotopic (exact) mass is 251 g/mol. The average Bonchev–Trinajstić information content (AvgIpc) is 2.83. The van der Waals surface area contributed by atoms with Crippen LogP contribution < -0.4 is 14.8 Å². The van der Waals surface area contributed by atoms with Crippen LogP contribution in [0, 0.1) is 0 Å². The zero-order valence-corrected chi connectivity index (χ0v) is 9.89. The van der Waals surface area contributed by atoms with E-state index in [2.05, 4.69) is 10.1 Å². The van der Waals surface area contributed by atoms with Crippen LogP contribution in [-0.2, 0) is 20.9 Å². The highest BCUT2D eigenvalue weighted by Gasteiger charge is 2.14. The summed E-state index contributed by atoms with van der Waals surface area (Å²) in [6, 6.07) is 5.40. The van der Waals surface area contributed by atoms with E-state index in [0.29, 0.717) is 18.0 Å². The van der Waals surface area contributed by atoms with Crippen LogP contribution in [0.25, 0.3) is 0 Å². The maximum absolute atomic E-state index is 11.4. The molecule has 6 nitrogen and oxygen atoms in total. The lowest BCUT2D eigenvalue weighted by molar-refractivity contribution is -0.143. The van der Waals surface area contributed by atoms with Crippen molar-refractivity contribution in [2.75, 3.05) is 13.9 Å². The molecule has 1 amide bonds. The molecule has 0 atom stereocenters. The number of carbonyl (C=O) groups excluding carboxylic acids is 2. The van der Waals surface area contributed by atoms with Crippen LogP contribution in [0.5, 0.6) is 11.5 Å². The van der Waals surface area contributed by atoms with Crippen molar-refractivity contribution >= 4 is 11.9 Å². The van der Waals surface area contributed by atoms with Crippen molar-refractivity contribution in [2.45, 2.75) is 13.0 Å². The van der Waals surface area contributed by atoms with Gasteiger partial charge in [0.25, 0.3) is 0 Å². The summed E-state index contributed by atoms with van der Waals surface area (Å²) < 4.78 is 14.8. The van der Waals surface area contributed by atoms with Crippen molar-refractivity contribution in [1.29, 1.82) is 0 Å². The molecule has 96 valence electrons. The van der Waals surface area contributed by atoms with Gasteiger partial charge in [-0.25, -0.2) is 0 Å². The number of rotatable bonds is 4. The molecule has 18 heavy (non-hydrogen) atoms. The Morgan fingerprint density at radius 3 is 2.89 bits per heavy atom. The van der Waals surface area contributed by atoms with E-state index in [9.17, 15) is 9.59 Å². The summed E-state index contributed by atoms with van der Waals surface area (Å²) in [6.45, 7) is 0.542. The summed E-state index contributed by atoms with van der Waals surface area (Å²) in [4.78, 5) is 22.2. The SMILES string of the molecule is COC(=O)CC(=O)NCc1ccc2c(c1)OCO2. The van der Waals surface area contributed by atoms with Gasteiger partial charge in [-0.2, -0.15) is 0 Å². The quantitative estimate of drug-likeness (QED) is 0.626. The molecule has 0 radical (unpaired) electrons. The lowest BCUT2D eigenvalue weighted by Crippen LogP contribution is -2.25. The van der Waals surface area contributed by atoms with E-state index < -0.39 is 5.97 Å². The molecule has 0 bridgehead atoms. The lowest BCUT2D eigenvalue weighted by atomic mass is 10.2. The first-order valence-corrected chi connectivity index (χ1v) is 5.41. The van der Waals surface area contributed by atoms with E-state index in [0.717, 1.165) is 5.56 Å². The molecule has 0 unspecified atom stereocenters. The molecule has 1 aliphatic heterocycles. The highest BCUT2D eigenvalue weighted by Crippen LogP contribution is 2.32. The predicted molar refractivity (Wildman–Crippen MR) is 61.0 cm³/mol. The number of fused-ring (bicyclic) bond motifs is 1. The fourth-order valence-electron chi connectivity index (χ4n) is 1.52. The summed E-state index contributed by atoms with van der Waals surface area (Å²) in [5.74, 6) is 0.423. The molecular formula is C12H13NO5. The van der Waals surface area contributed by atoms with E-state index in [4.69, 9.17) is 9.47 Å². The molecule has 1 N–H and O–H groups in total. The predicted octanol–water partition coefficient (Wildman–Crippen LogP) is 0.595. The van der Waals surface area contributed by atoms with Gasteiger partial charge < -0.3 is 19.5 Å². The zero-order valence-electron chi connectivity index (χ0n) is 9.89. The summed E-state index contributed by atoms with van der Waals surface area (Å²) in [5.41, 5.74) is 0.873. The first-order valence-electron chi connectivity index (χ1n) is 5.41. The smallest absolute Gasteiger partial charge is 0.315 e. The number of benzene rings is 1. The minimum atomic E-state index is -0.557. The van der Waals surface area contributed by atoms with Gasteiger partial charge in [-0.3, -0.25) is 9.59 Å². The van der Waals surface area contributed by atoms with Crippen LogP contribution in [0.1, 0.15) is 12.0 Å². The van der Waals surface area contributed by atoms with Crippen molar-refractivity contribution < 1.29 is 23.8 Å². The van der Waals surface area contributed by atoms with Crippen LogP contribution in [-0.4, -0.2) is 25.8 Å². The number of methoxy groups -OCH3 is 1. The third-order valence-corrected chi connectivity index (χ3v) is 2.46. The Bertz CT molecular complexity index is 472. The Morgan fingerprint density at radius 1 is 1.33 bits per heavy atom. The summed E-state index contributed by atoms with van der Waals surface area (Å²) in [6.07, 6.45) is -0.277. The van der Waals surface area contributed by atoms with E-state index in [1.54, 1.807) is 12.1 Å². The molecule has 0 spiro atoms. The van der Waals surface area contributed by atoms with Gasteiger partial charge in [-0.05, 0) is 17.7 Å². The zero-order chi connectivity index (χ0) is 13.0. The summed E-state index contributed by atoms with van der Waals surface area (Å²) in [7, 11) is 1.24. The summed E-state index contributed by atoms with van der Waals surface area (Å²) in [5, 5.41) is 2.62. The molecular weight excluding hydrogens is 238 g/mol. The van der Waals surface area contributed by atoms with Gasteiger partial charge in [0.15, 0.2) is 11.5 Å². The number of ether oxygens (including phenoxy) is 3. The number of hydrogen-bond acceptors (Lipinski definition) is 5. The minimum absolute atomic E-state index is 0.216. The van der Waals surface area contributed by atoms with Crippen LogP contribution in [0.15, 0.2) is 18.2 Å². The molecule has 1 aromatic carbocycles. The molecule has 6 heteroatoms. The maximum atomic E-state index is 11.4. The first kappa shape index (κ1) is 12.2. The fourth-order valence-corrected chi connectivity index (χ4v) is 1.52. The lowest BCUT2D eigenvalue weighted by Gasteiger charge is -2.05. The second-order valence-electron chi connectivity index (χ2n) is 3.72. The van der Waals surface area contributed by atoms with Crippen molar-refractivity contribution in [1.82, 2.24) is 5.32 Å². The number of esters is 1. The van der Waals surface area contributed by atoms with Crippen molar-refractivity contribution in [2.24, 2.45) is 0 Å². The topological polar surface area (TPSA) is 73.9 Å². The van der Waals surface area contributed by atoms with E-state index in [1.807, 2.05) is 6.07 Å². The Hall–Kier alpha value is -2.24. The molecule has 0 saturated carbocycles. The third-order valence-electron chi connectivity index (χ3n) is 2.46. The van der Waals surface area contributed by atoms with Gasteiger partial charge in [0.05, 0.1) is 7.11 Å². The number of carbonyl (C=O) groups is 2. The van der Waals surface area contributed by atoms with Gasteiger partial charge in [0, 0.05) is 6.54 Å². The number of hydrogen-bond donors (Lipinski definition) is 1. The minimum Gasteiger partial charge on any atom is -0.469 e. The second-order valence-corrected chi connectivity index (χ2v) is 3.72. The van der Waals surface area contributed by atoms with Crippen LogP contribution in [0.2, 0.25) is 0 Å². The Balaban J connectivity index is 1.87. The van der Waals surface area contributed by atoms with Crippen LogP contribution >= 0.6 is 0 Å². The second kappa shape index (κ2) is 5.39. The molecule has 0 fully saturated rings. The highest BCUT2D eigenvalue weighted by molar-refractivity contribution is 5.94. The molecule has 1 heterocycles. The third kappa shape index (κ3) is 2.91. The molecule has 0 aromatic heterocycles. The molecule has 1 aromatic rings. The Kier molecular flexibility index (Phi) is 3.66. The normalized spacial score (nSPS) is 12.1. The summed E-state index contributed by atoms with van der Waals surface area (Å²) >= 11 is 0. The molecule has 0 aliphatic carbocycles. The largest absolute Gasteiger partial charge is 0.469 e. The van der Waals surface area contributed by atoms with E-state index in [-0.39, 0.29) is 19.1 Å². The van der Waals surface area contributed by atoms with Crippen molar-refractivity contribution in [3.05, 3.63) is 23.8 Å². The van der Waals surface area contributed by atoms with Crippen molar-refractivity contribution in [3.8, 4) is 11.5 Å². The Labute approximate surface area is 104 Å².